The minimum absolute atomic E-state index is 0.0216. The topological polar surface area (TPSA) is 34.1 Å². The molecular formula is C10H12F2N2O. The summed E-state index contributed by atoms with van der Waals surface area (Å²) in [7, 11) is 0. The van der Waals surface area contributed by atoms with Gasteiger partial charge in [0.1, 0.15) is 11.9 Å². The predicted octanol–water partition coefficient (Wildman–Crippen LogP) is 1.76. The highest BCUT2D eigenvalue weighted by molar-refractivity contribution is 5.31. The Morgan fingerprint density at radius 1 is 1.53 bits per heavy atom. The van der Waals surface area contributed by atoms with Gasteiger partial charge in [0.25, 0.3) is 6.43 Å². The minimum Gasteiger partial charge on any atom is -0.487 e. The van der Waals surface area contributed by atoms with Gasteiger partial charge in [-0.05, 0) is 19.0 Å². The number of hydrogen-bond donors (Lipinski definition) is 1. The van der Waals surface area contributed by atoms with Gasteiger partial charge in [-0.1, -0.05) is 0 Å². The summed E-state index contributed by atoms with van der Waals surface area (Å²) >= 11 is 0. The van der Waals surface area contributed by atoms with Crippen LogP contribution in [0.2, 0.25) is 0 Å². The Balaban J connectivity index is 2.12. The Kier molecular flexibility index (Phi) is 3.11. The van der Waals surface area contributed by atoms with E-state index in [1.165, 1.54) is 18.5 Å². The van der Waals surface area contributed by atoms with Crippen molar-refractivity contribution in [3.8, 4) is 5.75 Å². The lowest BCUT2D eigenvalue weighted by Gasteiger charge is -2.14. The van der Waals surface area contributed by atoms with E-state index in [9.17, 15) is 8.78 Å². The summed E-state index contributed by atoms with van der Waals surface area (Å²) < 4.78 is 30.6. The smallest absolute Gasteiger partial charge is 0.267 e. The van der Waals surface area contributed by atoms with Gasteiger partial charge >= 0.3 is 0 Å². The molecule has 1 N–H and O–H groups in total. The Bertz CT molecular complexity index is 327. The number of ether oxygens (including phenoxy) is 1. The van der Waals surface area contributed by atoms with Crippen LogP contribution in [0.3, 0.4) is 0 Å². The molecule has 15 heavy (non-hydrogen) atoms. The highest BCUT2D eigenvalue weighted by atomic mass is 19.3. The van der Waals surface area contributed by atoms with Gasteiger partial charge in [-0.15, -0.1) is 0 Å². The molecule has 1 fully saturated rings. The molecule has 0 amide bonds. The fourth-order valence-corrected chi connectivity index (χ4v) is 1.58. The molecule has 1 saturated heterocycles. The third-order valence-corrected chi connectivity index (χ3v) is 2.36. The normalized spacial score (nSPS) is 20.9. The first-order valence-corrected chi connectivity index (χ1v) is 4.87. The molecule has 0 bridgehead atoms. The third-order valence-electron chi connectivity index (χ3n) is 2.36. The summed E-state index contributed by atoms with van der Waals surface area (Å²) in [6, 6.07) is 1.29. The molecule has 1 aromatic heterocycles. The van der Waals surface area contributed by atoms with Gasteiger partial charge in [-0.2, -0.15) is 0 Å². The van der Waals surface area contributed by atoms with E-state index in [0.29, 0.717) is 6.54 Å². The molecule has 0 spiro atoms. The van der Waals surface area contributed by atoms with E-state index in [1.54, 1.807) is 0 Å². The lowest BCUT2D eigenvalue weighted by Crippen LogP contribution is -2.20. The first kappa shape index (κ1) is 10.3. The molecule has 1 aliphatic rings. The molecule has 0 radical (unpaired) electrons. The van der Waals surface area contributed by atoms with Crippen LogP contribution >= 0.6 is 0 Å². The van der Waals surface area contributed by atoms with Crippen LogP contribution < -0.4 is 10.1 Å². The Morgan fingerprint density at radius 3 is 3.07 bits per heavy atom. The average Bonchev–Trinajstić information content (AvgIpc) is 2.71. The summed E-state index contributed by atoms with van der Waals surface area (Å²) in [4.78, 5) is 3.79. The van der Waals surface area contributed by atoms with E-state index in [1.807, 2.05) is 0 Å². The van der Waals surface area contributed by atoms with Crippen LogP contribution in [0.5, 0.6) is 5.75 Å². The van der Waals surface area contributed by atoms with Crippen molar-refractivity contribution in [1.29, 1.82) is 0 Å². The maximum atomic E-state index is 12.6. The van der Waals surface area contributed by atoms with E-state index >= 15 is 0 Å². The van der Waals surface area contributed by atoms with Gasteiger partial charge in [0, 0.05) is 12.7 Å². The highest BCUT2D eigenvalue weighted by Crippen LogP contribution is 2.28. The molecule has 5 heteroatoms. The summed E-state index contributed by atoms with van der Waals surface area (Å²) in [5.41, 5.74) is -0.0862. The molecule has 1 aromatic rings. The SMILES string of the molecule is FC(F)c1ccncc1OC1CCNC1. The molecule has 0 aromatic carbocycles. The van der Waals surface area contributed by atoms with Crippen LogP contribution in [0.25, 0.3) is 0 Å². The van der Waals surface area contributed by atoms with E-state index in [4.69, 9.17) is 4.74 Å². The van der Waals surface area contributed by atoms with Gasteiger partial charge in [-0.25, -0.2) is 8.78 Å². The molecule has 2 heterocycles. The number of nitrogens with zero attached hydrogens (tertiary/aromatic N) is 1. The maximum absolute atomic E-state index is 12.6. The Morgan fingerprint density at radius 2 is 2.40 bits per heavy atom. The number of pyridine rings is 1. The second-order valence-corrected chi connectivity index (χ2v) is 3.45. The number of hydrogen-bond acceptors (Lipinski definition) is 3. The van der Waals surface area contributed by atoms with Crippen molar-refractivity contribution < 1.29 is 13.5 Å². The minimum atomic E-state index is -2.52. The molecule has 3 nitrogen and oxygen atoms in total. The molecule has 1 aliphatic heterocycles. The fourth-order valence-electron chi connectivity index (χ4n) is 1.58. The first-order valence-electron chi connectivity index (χ1n) is 4.87. The van der Waals surface area contributed by atoms with Crippen LogP contribution in [0.4, 0.5) is 8.78 Å². The summed E-state index contributed by atoms with van der Waals surface area (Å²) in [5.74, 6) is 0.196. The second kappa shape index (κ2) is 4.53. The second-order valence-electron chi connectivity index (χ2n) is 3.45. The maximum Gasteiger partial charge on any atom is 0.267 e. The number of halogens is 2. The molecule has 0 saturated carbocycles. The van der Waals surface area contributed by atoms with Gasteiger partial charge in [0.2, 0.25) is 0 Å². The van der Waals surface area contributed by atoms with E-state index in [-0.39, 0.29) is 17.4 Å². The Hall–Kier alpha value is -1.23. The van der Waals surface area contributed by atoms with Crippen LogP contribution in [0.15, 0.2) is 18.5 Å². The van der Waals surface area contributed by atoms with Gasteiger partial charge in [0.15, 0.2) is 0 Å². The van der Waals surface area contributed by atoms with Crippen molar-refractivity contribution in [3.63, 3.8) is 0 Å². The van der Waals surface area contributed by atoms with Crippen molar-refractivity contribution >= 4 is 0 Å². The van der Waals surface area contributed by atoms with Gasteiger partial charge in [0.05, 0.1) is 11.8 Å². The largest absolute Gasteiger partial charge is 0.487 e. The lowest BCUT2D eigenvalue weighted by molar-refractivity contribution is 0.139. The van der Waals surface area contributed by atoms with E-state index < -0.39 is 6.43 Å². The molecule has 2 rings (SSSR count). The Labute approximate surface area is 86.5 Å². The quantitative estimate of drug-likeness (QED) is 0.832. The number of aromatic nitrogens is 1. The van der Waals surface area contributed by atoms with E-state index in [0.717, 1.165) is 13.0 Å². The molecule has 1 unspecified atom stereocenters. The van der Waals surface area contributed by atoms with Crippen molar-refractivity contribution in [2.75, 3.05) is 13.1 Å². The number of nitrogens with one attached hydrogen (secondary N) is 1. The van der Waals surface area contributed by atoms with Crippen LogP contribution in [-0.4, -0.2) is 24.2 Å². The lowest BCUT2D eigenvalue weighted by atomic mass is 10.2. The van der Waals surface area contributed by atoms with Crippen LogP contribution in [0, 0.1) is 0 Å². The standard InChI is InChI=1S/C10H12F2N2O/c11-10(12)8-2-4-14-6-9(8)15-7-1-3-13-5-7/h2,4,6-7,10,13H,1,3,5H2. The zero-order chi connectivity index (χ0) is 10.7. The van der Waals surface area contributed by atoms with Crippen molar-refractivity contribution in [3.05, 3.63) is 24.0 Å². The number of rotatable bonds is 3. The first-order chi connectivity index (χ1) is 7.27. The average molecular weight is 214 g/mol. The van der Waals surface area contributed by atoms with Crippen molar-refractivity contribution in [2.24, 2.45) is 0 Å². The zero-order valence-corrected chi connectivity index (χ0v) is 8.12. The highest BCUT2D eigenvalue weighted by Gasteiger charge is 2.20. The predicted molar refractivity (Wildman–Crippen MR) is 51.1 cm³/mol. The fraction of sp³-hybridized carbons (Fsp3) is 0.500. The molecular weight excluding hydrogens is 202 g/mol. The van der Waals surface area contributed by atoms with Gasteiger partial charge < -0.3 is 10.1 Å². The number of alkyl halides is 2. The summed E-state index contributed by atoms with van der Waals surface area (Å²) in [6.45, 7) is 1.58. The summed E-state index contributed by atoms with van der Waals surface area (Å²) in [6.07, 6.45) is 1.00. The van der Waals surface area contributed by atoms with Crippen LogP contribution in [0.1, 0.15) is 18.4 Å². The zero-order valence-electron chi connectivity index (χ0n) is 8.12. The van der Waals surface area contributed by atoms with Gasteiger partial charge in [-0.3, -0.25) is 4.98 Å². The molecule has 0 aliphatic carbocycles. The van der Waals surface area contributed by atoms with Crippen LogP contribution in [-0.2, 0) is 0 Å². The van der Waals surface area contributed by atoms with E-state index in [2.05, 4.69) is 10.3 Å². The van der Waals surface area contributed by atoms with Crippen molar-refractivity contribution in [2.45, 2.75) is 19.0 Å². The van der Waals surface area contributed by atoms with Crippen molar-refractivity contribution in [1.82, 2.24) is 10.3 Å². The molecule has 1 atom stereocenters. The molecule has 82 valence electrons. The monoisotopic (exact) mass is 214 g/mol. The third kappa shape index (κ3) is 2.41. The summed E-state index contributed by atoms with van der Waals surface area (Å²) in [5, 5.41) is 3.11.